The zero-order chi connectivity index (χ0) is 19.6. The second kappa shape index (κ2) is 8.71. The molecule has 2 aliphatic heterocycles. The van der Waals surface area contributed by atoms with Crippen LogP contribution in [0.15, 0.2) is 0 Å². The SMILES string of the molecule is NC(=O)NC1O[C@H](CO)[C@H](O[C@@H]2O[C@H](CO)[C@H](O)[C@H](O)[C@H]2O)[C@H](O)[C@H]1O. The number of aliphatic hydroxyl groups is 7. The highest BCUT2D eigenvalue weighted by Gasteiger charge is 2.50. The summed E-state index contributed by atoms with van der Waals surface area (Å²) in [7, 11) is 0. The molecule has 0 aromatic heterocycles. The van der Waals surface area contributed by atoms with E-state index in [1.165, 1.54) is 0 Å². The van der Waals surface area contributed by atoms with Crippen molar-refractivity contribution in [3.05, 3.63) is 0 Å². The summed E-state index contributed by atoms with van der Waals surface area (Å²) in [4.78, 5) is 10.9. The van der Waals surface area contributed by atoms with Crippen LogP contribution in [0.5, 0.6) is 0 Å². The van der Waals surface area contributed by atoms with Crippen molar-refractivity contribution in [3.63, 3.8) is 0 Å². The van der Waals surface area contributed by atoms with Crippen LogP contribution in [0.3, 0.4) is 0 Å². The first-order chi connectivity index (χ1) is 12.2. The van der Waals surface area contributed by atoms with Crippen molar-refractivity contribution in [1.82, 2.24) is 5.32 Å². The Bertz CT molecular complexity index is 479. The molecule has 13 nitrogen and oxygen atoms in total. The maximum Gasteiger partial charge on any atom is 0.314 e. The number of ether oxygens (including phenoxy) is 3. The van der Waals surface area contributed by atoms with Crippen LogP contribution in [-0.4, -0.2) is 116 Å². The summed E-state index contributed by atoms with van der Waals surface area (Å²) in [6.45, 7) is -1.39. The monoisotopic (exact) mass is 384 g/mol. The molecule has 10 N–H and O–H groups in total. The largest absolute Gasteiger partial charge is 0.394 e. The van der Waals surface area contributed by atoms with Crippen LogP contribution in [0, 0.1) is 0 Å². The van der Waals surface area contributed by atoms with E-state index in [1.54, 1.807) is 0 Å². The van der Waals surface area contributed by atoms with Gasteiger partial charge in [0.15, 0.2) is 12.5 Å². The lowest BCUT2D eigenvalue weighted by Gasteiger charge is -2.46. The number of nitrogens with one attached hydrogen (secondary N) is 1. The topological polar surface area (TPSA) is 224 Å². The lowest BCUT2D eigenvalue weighted by atomic mass is 9.96. The van der Waals surface area contributed by atoms with Crippen molar-refractivity contribution in [1.29, 1.82) is 0 Å². The van der Waals surface area contributed by atoms with Gasteiger partial charge in [-0.2, -0.15) is 0 Å². The lowest BCUT2D eigenvalue weighted by molar-refractivity contribution is -0.342. The summed E-state index contributed by atoms with van der Waals surface area (Å²) in [5.41, 5.74) is 4.93. The predicted octanol–water partition coefficient (Wildman–Crippen LogP) is -5.72. The summed E-state index contributed by atoms with van der Waals surface area (Å²) in [6.07, 6.45) is -15.5. The fraction of sp³-hybridized carbons (Fsp3) is 0.923. The van der Waals surface area contributed by atoms with Crippen molar-refractivity contribution in [2.75, 3.05) is 13.2 Å². The van der Waals surface area contributed by atoms with Crippen LogP contribution in [0.25, 0.3) is 0 Å². The molecule has 1 unspecified atom stereocenters. The van der Waals surface area contributed by atoms with Gasteiger partial charge in [-0.05, 0) is 0 Å². The van der Waals surface area contributed by atoms with E-state index in [9.17, 15) is 35.4 Å². The quantitative estimate of drug-likeness (QED) is 0.217. The number of nitrogens with two attached hydrogens (primary N) is 1. The fourth-order valence-corrected chi connectivity index (χ4v) is 2.85. The number of carbonyl (C=O) groups is 1. The molecule has 0 saturated carbocycles. The summed E-state index contributed by atoms with van der Waals surface area (Å²) in [5.74, 6) is 0. The summed E-state index contributed by atoms with van der Waals surface area (Å²) in [5, 5.41) is 70.3. The molecule has 10 atom stereocenters. The van der Waals surface area contributed by atoms with E-state index in [0.29, 0.717) is 0 Å². The van der Waals surface area contributed by atoms with Crippen LogP contribution in [0.4, 0.5) is 4.79 Å². The molecule has 0 aromatic carbocycles. The van der Waals surface area contributed by atoms with Gasteiger partial charge in [0.25, 0.3) is 0 Å². The van der Waals surface area contributed by atoms with E-state index in [-0.39, 0.29) is 0 Å². The minimum absolute atomic E-state index is 0.689. The number of hydrogen-bond acceptors (Lipinski definition) is 11. The highest BCUT2D eigenvalue weighted by molar-refractivity contribution is 5.71. The van der Waals surface area contributed by atoms with Gasteiger partial charge in [-0.3, -0.25) is 0 Å². The van der Waals surface area contributed by atoms with Gasteiger partial charge in [-0.15, -0.1) is 0 Å². The number of urea groups is 1. The average Bonchev–Trinajstić information content (AvgIpc) is 2.60. The molecule has 0 radical (unpaired) electrons. The number of hydrogen-bond donors (Lipinski definition) is 9. The molecule has 2 aliphatic rings. The van der Waals surface area contributed by atoms with Gasteiger partial charge in [0.05, 0.1) is 13.2 Å². The second-order valence-corrected chi connectivity index (χ2v) is 6.07. The van der Waals surface area contributed by atoms with Crippen molar-refractivity contribution in [2.24, 2.45) is 5.73 Å². The maximum atomic E-state index is 10.9. The van der Waals surface area contributed by atoms with Crippen LogP contribution < -0.4 is 11.1 Å². The van der Waals surface area contributed by atoms with Crippen molar-refractivity contribution >= 4 is 6.03 Å². The van der Waals surface area contributed by atoms with Gasteiger partial charge in [0.2, 0.25) is 0 Å². The van der Waals surface area contributed by atoms with Crippen molar-refractivity contribution < 1.29 is 54.8 Å². The number of amides is 2. The van der Waals surface area contributed by atoms with Crippen molar-refractivity contribution in [2.45, 2.75) is 61.3 Å². The lowest BCUT2D eigenvalue weighted by Crippen LogP contribution is -2.66. The highest BCUT2D eigenvalue weighted by atomic mass is 16.7. The van der Waals surface area contributed by atoms with E-state index < -0.39 is 80.6 Å². The third-order valence-corrected chi connectivity index (χ3v) is 4.29. The zero-order valence-corrected chi connectivity index (χ0v) is 13.5. The minimum atomic E-state index is -1.75. The Morgan fingerprint density at radius 2 is 1.50 bits per heavy atom. The van der Waals surface area contributed by atoms with Gasteiger partial charge in [-0.1, -0.05) is 0 Å². The maximum absolute atomic E-state index is 10.9. The van der Waals surface area contributed by atoms with Crippen LogP contribution >= 0.6 is 0 Å². The molecule has 2 amide bonds. The van der Waals surface area contributed by atoms with Crippen LogP contribution in [0.2, 0.25) is 0 Å². The molecule has 26 heavy (non-hydrogen) atoms. The van der Waals surface area contributed by atoms with E-state index >= 15 is 0 Å². The Hall–Kier alpha value is -1.13. The number of primary amides is 1. The summed E-state index contributed by atoms with van der Waals surface area (Å²) >= 11 is 0. The zero-order valence-electron chi connectivity index (χ0n) is 13.5. The number of rotatable bonds is 5. The van der Waals surface area contributed by atoms with Crippen molar-refractivity contribution in [3.8, 4) is 0 Å². The molecular formula is C13H24N2O11. The van der Waals surface area contributed by atoms with Gasteiger partial charge in [-0.25, -0.2) is 4.79 Å². The standard InChI is InChI=1S/C13H24N2O11/c14-13(23)15-11-8(21)7(20)10(4(2-17)24-11)26-12-9(22)6(19)5(18)3(1-16)25-12/h3-12,16-22H,1-2H2,(H3,14,15,23)/t3-,4-,5+,6+,7-,8-,9-,10+,11?,12+/m1/s1. The Kier molecular flexibility index (Phi) is 7.09. The van der Waals surface area contributed by atoms with E-state index in [1.807, 2.05) is 5.32 Å². The molecule has 0 aliphatic carbocycles. The predicted molar refractivity (Wildman–Crippen MR) is 79.1 cm³/mol. The molecule has 152 valence electrons. The van der Waals surface area contributed by atoms with Gasteiger partial charge >= 0.3 is 6.03 Å². The Morgan fingerprint density at radius 3 is 2.04 bits per heavy atom. The smallest absolute Gasteiger partial charge is 0.314 e. The van der Waals surface area contributed by atoms with E-state index in [4.69, 9.17) is 25.1 Å². The van der Waals surface area contributed by atoms with Crippen LogP contribution in [-0.2, 0) is 14.2 Å². The van der Waals surface area contributed by atoms with E-state index in [2.05, 4.69) is 0 Å². The molecule has 2 heterocycles. The third kappa shape index (κ3) is 4.23. The molecule has 2 rings (SSSR count). The summed E-state index contributed by atoms with van der Waals surface area (Å²) in [6, 6.07) is -1.04. The normalized spacial score (nSPS) is 46.7. The Morgan fingerprint density at radius 1 is 0.885 bits per heavy atom. The van der Waals surface area contributed by atoms with Crippen LogP contribution in [0.1, 0.15) is 0 Å². The Balaban J connectivity index is 2.12. The fourth-order valence-electron chi connectivity index (χ4n) is 2.85. The molecule has 2 saturated heterocycles. The van der Waals surface area contributed by atoms with Gasteiger partial charge in [0, 0.05) is 0 Å². The number of carbonyl (C=O) groups excluding carboxylic acids is 1. The van der Waals surface area contributed by atoms with E-state index in [0.717, 1.165) is 0 Å². The molecular weight excluding hydrogens is 360 g/mol. The molecule has 13 heteroatoms. The molecule has 2 fully saturated rings. The first-order valence-corrected chi connectivity index (χ1v) is 7.85. The minimum Gasteiger partial charge on any atom is -0.394 e. The van der Waals surface area contributed by atoms with Gasteiger partial charge < -0.3 is 61.0 Å². The average molecular weight is 384 g/mol. The number of aliphatic hydroxyl groups excluding tert-OH is 7. The van der Waals surface area contributed by atoms with Gasteiger partial charge in [0.1, 0.15) is 48.8 Å². The molecule has 0 aromatic rings. The summed E-state index contributed by atoms with van der Waals surface area (Å²) < 4.78 is 15.7. The Labute approximate surface area is 147 Å². The second-order valence-electron chi connectivity index (χ2n) is 6.07. The first kappa shape index (κ1) is 21.2. The highest BCUT2D eigenvalue weighted by Crippen LogP contribution is 2.28. The third-order valence-electron chi connectivity index (χ3n) is 4.29. The molecule has 0 spiro atoms. The molecule has 0 bridgehead atoms. The first-order valence-electron chi connectivity index (χ1n) is 7.85.